The van der Waals surface area contributed by atoms with Gasteiger partial charge in [-0.05, 0) is 19.1 Å². The molecule has 1 aromatic heterocycles. The van der Waals surface area contributed by atoms with Crippen LogP contribution in [-0.2, 0) is 0 Å². The lowest BCUT2D eigenvalue weighted by Crippen LogP contribution is -2.03. The molecule has 1 aromatic carbocycles. The van der Waals surface area contributed by atoms with Crippen LogP contribution in [0, 0.1) is 10.1 Å². The zero-order chi connectivity index (χ0) is 13.7. The van der Waals surface area contributed by atoms with E-state index in [9.17, 15) is 10.1 Å². The molecule has 2 rings (SSSR count). The maximum Gasteiger partial charge on any atom is 0.310 e. The van der Waals surface area contributed by atoms with Gasteiger partial charge in [-0.2, -0.15) is 0 Å². The van der Waals surface area contributed by atoms with Gasteiger partial charge in [-0.3, -0.25) is 10.1 Å². The van der Waals surface area contributed by atoms with Gasteiger partial charge in [0.1, 0.15) is 17.7 Å². The number of anilines is 3. The lowest BCUT2D eigenvalue weighted by Gasteiger charge is -2.08. The minimum absolute atomic E-state index is 0.0274. The summed E-state index contributed by atoms with van der Waals surface area (Å²) in [7, 11) is 0. The van der Waals surface area contributed by atoms with Crippen molar-refractivity contribution in [1.29, 1.82) is 0 Å². The third kappa shape index (κ3) is 3.19. The van der Waals surface area contributed by atoms with E-state index in [1.807, 2.05) is 37.3 Å². The van der Waals surface area contributed by atoms with Gasteiger partial charge < -0.3 is 10.6 Å². The van der Waals surface area contributed by atoms with Crippen LogP contribution < -0.4 is 10.6 Å². The molecular formula is C13H14N4O2. The molecule has 0 bridgehead atoms. The summed E-state index contributed by atoms with van der Waals surface area (Å²) < 4.78 is 0. The number of pyridine rings is 1. The van der Waals surface area contributed by atoms with E-state index in [1.54, 1.807) is 6.07 Å². The monoisotopic (exact) mass is 258 g/mol. The zero-order valence-electron chi connectivity index (χ0n) is 10.5. The van der Waals surface area contributed by atoms with E-state index in [4.69, 9.17) is 0 Å². The van der Waals surface area contributed by atoms with Crippen molar-refractivity contribution in [3.05, 3.63) is 52.7 Å². The molecule has 0 fully saturated rings. The van der Waals surface area contributed by atoms with Crippen molar-refractivity contribution in [2.24, 2.45) is 0 Å². The molecule has 98 valence electrons. The van der Waals surface area contributed by atoms with Gasteiger partial charge in [-0.25, -0.2) is 4.98 Å². The fraction of sp³-hybridized carbons (Fsp3) is 0.154. The number of rotatable bonds is 5. The summed E-state index contributed by atoms with van der Waals surface area (Å²) in [6.07, 6.45) is 1.25. The third-order valence-electron chi connectivity index (χ3n) is 2.49. The second kappa shape index (κ2) is 5.81. The van der Waals surface area contributed by atoms with E-state index in [1.165, 1.54) is 6.20 Å². The SMILES string of the molecule is CCNc1cc(Nc2ccccc2)ncc1[N+](=O)[O-]. The van der Waals surface area contributed by atoms with E-state index in [2.05, 4.69) is 15.6 Å². The van der Waals surface area contributed by atoms with Crippen LogP contribution in [0.4, 0.5) is 22.9 Å². The number of aromatic nitrogens is 1. The first kappa shape index (κ1) is 12.8. The molecule has 0 atom stereocenters. The van der Waals surface area contributed by atoms with Crippen LogP contribution in [0.5, 0.6) is 0 Å². The van der Waals surface area contributed by atoms with Crippen molar-refractivity contribution in [2.45, 2.75) is 6.92 Å². The fourth-order valence-corrected chi connectivity index (χ4v) is 1.66. The topological polar surface area (TPSA) is 80.1 Å². The van der Waals surface area contributed by atoms with Gasteiger partial charge in [0.05, 0.1) is 4.92 Å². The number of nitrogens with one attached hydrogen (secondary N) is 2. The lowest BCUT2D eigenvalue weighted by molar-refractivity contribution is -0.384. The first-order chi connectivity index (χ1) is 9.20. The van der Waals surface area contributed by atoms with Gasteiger partial charge in [0.15, 0.2) is 0 Å². The van der Waals surface area contributed by atoms with Gasteiger partial charge in [0.25, 0.3) is 0 Å². The second-order valence-electron chi connectivity index (χ2n) is 3.87. The molecule has 0 saturated heterocycles. The normalized spacial score (nSPS) is 9.95. The average Bonchev–Trinajstić information content (AvgIpc) is 2.40. The summed E-state index contributed by atoms with van der Waals surface area (Å²) in [5.74, 6) is 0.563. The molecule has 0 radical (unpaired) electrons. The molecule has 1 heterocycles. The van der Waals surface area contributed by atoms with Crippen molar-refractivity contribution in [2.75, 3.05) is 17.2 Å². The van der Waals surface area contributed by atoms with Gasteiger partial charge in [-0.1, -0.05) is 18.2 Å². The Balaban J connectivity index is 2.27. The van der Waals surface area contributed by atoms with Crippen LogP contribution >= 0.6 is 0 Å². The van der Waals surface area contributed by atoms with Gasteiger partial charge in [0, 0.05) is 18.3 Å². The summed E-state index contributed by atoms with van der Waals surface area (Å²) in [4.78, 5) is 14.5. The molecule has 2 aromatic rings. The average molecular weight is 258 g/mol. The Morgan fingerprint density at radius 1 is 1.32 bits per heavy atom. The molecule has 0 aliphatic carbocycles. The van der Waals surface area contributed by atoms with Crippen LogP contribution in [0.25, 0.3) is 0 Å². The highest BCUT2D eigenvalue weighted by molar-refractivity contribution is 5.68. The molecule has 19 heavy (non-hydrogen) atoms. The van der Waals surface area contributed by atoms with Crippen molar-refractivity contribution in [1.82, 2.24) is 4.98 Å². The molecule has 0 unspecified atom stereocenters. The second-order valence-corrected chi connectivity index (χ2v) is 3.87. The standard InChI is InChI=1S/C13H14N4O2/c1-2-14-11-8-13(15-9-12(11)17(18)19)16-10-6-4-3-5-7-10/h3-9H,2H2,1H3,(H2,14,15,16). The minimum atomic E-state index is -0.447. The van der Waals surface area contributed by atoms with Crippen LogP contribution in [0.3, 0.4) is 0 Å². The molecule has 0 aliphatic rings. The fourth-order valence-electron chi connectivity index (χ4n) is 1.66. The van der Waals surface area contributed by atoms with Crippen LogP contribution in [0.1, 0.15) is 6.92 Å². The van der Waals surface area contributed by atoms with Crippen molar-refractivity contribution in [3.8, 4) is 0 Å². The summed E-state index contributed by atoms with van der Waals surface area (Å²) in [5, 5.41) is 16.9. The lowest BCUT2D eigenvalue weighted by atomic mass is 10.3. The highest BCUT2D eigenvalue weighted by Gasteiger charge is 2.14. The number of hydrogen-bond acceptors (Lipinski definition) is 5. The number of hydrogen-bond donors (Lipinski definition) is 2. The summed E-state index contributed by atoms with van der Waals surface area (Å²) in [6, 6.07) is 11.1. The molecule has 0 amide bonds. The van der Waals surface area contributed by atoms with Crippen molar-refractivity contribution < 1.29 is 4.92 Å². The Bertz CT molecular complexity index is 572. The predicted molar refractivity (Wildman–Crippen MR) is 74.8 cm³/mol. The summed E-state index contributed by atoms with van der Waals surface area (Å²) in [6.45, 7) is 2.49. The maximum atomic E-state index is 10.9. The van der Waals surface area contributed by atoms with Crippen molar-refractivity contribution >= 4 is 22.9 Å². The largest absolute Gasteiger partial charge is 0.380 e. The Morgan fingerprint density at radius 3 is 2.68 bits per heavy atom. The van der Waals surface area contributed by atoms with E-state index < -0.39 is 4.92 Å². The summed E-state index contributed by atoms with van der Waals surface area (Å²) >= 11 is 0. The Morgan fingerprint density at radius 2 is 2.05 bits per heavy atom. The Labute approximate surface area is 110 Å². The Kier molecular flexibility index (Phi) is 3.92. The first-order valence-corrected chi connectivity index (χ1v) is 5.91. The molecule has 6 heteroatoms. The molecule has 0 aliphatic heterocycles. The van der Waals surface area contributed by atoms with Crippen LogP contribution in [-0.4, -0.2) is 16.5 Å². The quantitative estimate of drug-likeness (QED) is 0.636. The molecule has 0 spiro atoms. The molecule has 2 N–H and O–H groups in total. The van der Waals surface area contributed by atoms with Crippen LogP contribution in [0.15, 0.2) is 42.6 Å². The first-order valence-electron chi connectivity index (χ1n) is 5.91. The molecule has 6 nitrogen and oxygen atoms in total. The van der Waals surface area contributed by atoms with E-state index >= 15 is 0 Å². The number of para-hydroxylation sites is 1. The highest BCUT2D eigenvalue weighted by atomic mass is 16.6. The molecule has 0 saturated carbocycles. The van der Waals surface area contributed by atoms with E-state index in [-0.39, 0.29) is 5.69 Å². The van der Waals surface area contributed by atoms with Crippen molar-refractivity contribution in [3.63, 3.8) is 0 Å². The molecular weight excluding hydrogens is 244 g/mol. The minimum Gasteiger partial charge on any atom is -0.380 e. The van der Waals surface area contributed by atoms with E-state index in [0.29, 0.717) is 18.1 Å². The number of nitrogens with zero attached hydrogens (tertiary/aromatic N) is 2. The number of benzene rings is 1. The predicted octanol–water partition coefficient (Wildman–Crippen LogP) is 3.17. The number of nitro groups is 1. The van der Waals surface area contributed by atoms with Crippen LogP contribution in [0.2, 0.25) is 0 Å². The smallest absolute Gasteiger partial charge is 0.310 e. The van der Waals surface area contributed by atoms with Gasteiger partial charge >= 0.3 is 5.69 Å². The highest BCUT2D eigenvalue weighted by Crippen LogP contribution is 2.26. The van der Waals surface area contributed by atoms with E-state index in [0.717, 1.165) is 5.69 Å². The maximum absolute atomic E-state index is 10.9. The zero-order valence-corrected chi connectivity index (χ0v) is 10.5. The Hall–Kier alpha value is -2.63. The summed E-state index contributed by atoms with van der Waals surface area (Å²) in [5.41, 5.74) is 1.31. The third-order valence-corrected chi connectivity index (χ3v) is 2.49. The van der Waals surface area contributed by atoms with Gasteiger partial charge in [0.2, 0.25) is 0 Å². The van der Waals surface area contributed by atoms with Gasteiger partial charge in [-0.15, -0.1) is 0 Å².